The van der Waals surface area contributed by atoms with Gasteiger partial charge in [0.2, 0.25) is 12.0 Å². The molecule has 4 N–H and O–H groups in total. The first-order valence-electron chi connectivity index (χ1n) is 13.8. The van der Waals surface area contributed by atoms with E-state index in [-0.39, 0.29) is 12.1 Å². The number of hydrogen-bond acceptors (Lipinski definition) is 10. The molecule has 1 unspecified atom stereocenters. The second-order valence-corrected chi connectivity index (χ2v) is 10.5. The molecule has 4 rings (SSSR count). The summed E-state index contributed by atoms with van der Waals surface area (Å²) in [4.78, 5) is 61.5. The summed E-state index contributed by atoms with van der Waals surface area (Å²) in [5.74, 6) is -5.74. The van der Waals surface area contributed by atoms with Crippen LogP contribution in [0.1, 0.15) is 48.3 Å². The van der Waals surface area contributed by atoms with Gasteiger partial charge in [-0.15, -0.1) is 0 Å². The molecule has 3 heterocycles. The molecule has 0 spiro atoms. The largest absolute Gasteiger partial charge is 0.505 e. The number of carbonyl (C=O) groups is 4. The normalized spacial score (nSPS) is 25.6. The summed E-state index contributed by atoms with van der Waals surface area (Å²) in [6.07, 6.45) is 0.349. The van der Waals surface area contributed by atoms with Crippen molar-refractivity contribution >= 4 is 23.8 Å². The van der Waals surface area contributed by atoms with Gasteiger partial charge >= 0.3 is 11.9 Å². The van der Waals surface area contributed by atoms with Crippen molar-refractivity contribution < 1.29 is 38.9 Å². The molecule has 0 radical (unpaired) electrons. The van der Waals surface area contributed by atoms with Crippen molar-refractivity contribution in [1.82, 2.24) is 20.6 Å². The Hall–Kier alpha value is -4.84. The van der Waals surface area contributed by atoms with Crippen molar-refractivity contribution in [3.05, 3.63) is 90.0 Å². The Bertz CT molecular complexity index is 1440. The zero-order valence-electron chi connectivity index (χ0n) is 23.9. The van der Waals surface area contributed by atoms with Crippen LogP contribution >= 0.6 is 0 Å². The number of aliphatic hydroxyl groups excluding tert-OH is 1. The Morgan fingerprint density at radius 2 is 1.72 bits per heavy atom. The molecule has 12 nitrogen and oxygen atoms in total. The van der Waals surface area contributed by atoms with Crippen LogP contribution in [0.4, 0.5) is 0 Å². The Morgan fingerprint density at radius 3 is 2.40 bits per heavy atom. The fourth-order valence-electron chi connectivity index (χ4n) is 4.80. The Morgan fingerprint density at radius 1 is 1.00 bits per heavy atom. The third kappa shape index (κ3) is 7.52. The summed E-state index contributed by atoms with van der Waals surface area (Å²) >= 11 is 0. The van der Waals surface area contributed by atoms with Crippen LogP contribution in [0.3, 0.4) is 0 Å². The number of cyclic esters (lactones) is 2. The number of nitrogens with one attached hydrogen (secondary N) is 2. The zero-order chi connectivity index (χ0) is 31.1. The van der Waals surface area contributed by atoms with Crippen molar-refractivity contribution in [1.29, 1.82) is 0 Å². The maximum Gasteiger partial charge on any atom is 0.348 e. The van der Waals surface area contributed by atoms with Crippen molar-refractivity contribution in [2.45, 2.75) is 63.5 Å². The van der Waals surface area contributed by atoms with Gasteiger partial charge in [-0.3, -0.25) is 19.4 Å². The van der Waals surface area contributed by atoms with E-state index in [0.717, 1.165) is 0 Å². The van der Waals surface area contributed by atoms with Crippen LogP contribution in [0.15, 0.2) is 73.2 Å². The van der Waals surface area contributed by atoms with Gasteiger partial charge in [-0.2, -0.15) is 0 Å². The summed E-state index contributed by atoms with van der Waals surface area (Å²) in [5, 5.41) is 26.7. The molecule has 1 saturated heterocycles. The smallest absolute Gasteiger partial charge is 0.348 e. The summed E-state index contributed by atoms with van der Waals surface area (Å²) in [7, 11) is 0. The first kappa shape index (κ1) is 31.1. The van der Waals surface area contributed by atoms with Gasteiger partial charge in [0.15, 0.2) is 5.69 Å². The minimum absolute atomic E-state index is 0.0814. The average molecular weight is 591 g/mol. The third-order valence-corrected chi connectivity index (χ3v) is 7.40. The first-order valence-corrected chi connectivity index (χ1v) is 13.8. The highest BCUT2D eigenvalue weighted by atomic mass is 16.6. The molecular weight excluding hydrogens is 556 g/mol. The Balaban J connectivity index is 1.72. The molecule has 226 valence electrons. The van der Waals surface area contributed by atoms with E-state index in [2.05, 4.69) is 20.6 Å². The fourth-order valence-corrected chi connectivity index (χ4v) is 4.80. The molecule has 0 aliphatic carbocycles. The van der Waals surface area contributed by atoms with Crippen molar-refractivity contribution in [2.24, 2.45) is 5.92 Å². The molecule has 1 aliphatic rings. The summed E-state index contributed by atoms with van der Waals surface area (Å²) in [5.41, 5.74) is 1.01. The lowest BCUT2D eigenvalue weighted by Gasteiger charge is -2.34. The highest BCUT2D eigenvalue weighted by Gasteiger charge is 2.41. The zero-order valence-corrected chi connectivity index (χ0v) is 23.9. The number of rotatable bonds is 6. The average Bonchev–Trinajstić information content (AvgIpc) is 3.01. The molecule has 2 aromatic heterocycles. The fraction of sp³-hybridized carbons (Fsp3) is 0.355. The second-order valence-electron chi connectivity index (χ2n) is 10.5. The topological polar surface area (TPSA) is 177 Å². The summed E-state index contributed by atoms with van der Waals surface area (Å²) < 4.78 is 11.3. The lowest BCUT2D eigenvalue weighted by atomic mass is 9.91. The van der Waals surface area contributed by atoms with Gasteiger partial charge in [0.1, 0.15) is 17.9 Å². The number of aromatic hydroxyl groups is 1. The number of ether oxygens (including phenoxy) is 2. The number of aromatic nitrogens is 2. The van der Waals surface area contributed by atoms with E-state index in [1.54, 1.807) is 61.8 Å². The lowest BCUT2D eigenvalue weighted by molar-refractivity contribution is -0.178. The molecule has 12 heteroatoms. The minimum atomic E-state index is -1.49. The van der Waals surface area contributed by atoms with Gasteiger partial charge in [-0.25, -0.2) is 9.78 Å². The van der Waals surface area contributed by atoms with E-state index in [0.29, 0.717) is 11.1 Å². The van der Waals surface area contributed by atoms with E-state index in [1.165, 1.54) is 32.2 Å². The van der Waals surface area contributed by atoms with Crippen LogP contribution in [0.25, 0.3) is 0 Å². The van der Waals surface area contributed by atoms with E-state index in [4.69, 9.17) is 9.47 Å². The molecule has 3 aromatic rings. The van der Waals surface area contributed by atoms with Crippen molar-refractivity contribution in [2.75, 3.05) is 0 Å². The van der Waals surface area contributed by atoms with Crippen LogP contribution in [0.5, 0.6) is 5.75 Å². The second kappa shape index (κ2) is 13.9. The number of amides is 2. The summed E-state index contributed by atoms with van der Waals surface area (Å²) in [6.45, 7) is 4.52. The molecule has 1 aromatic carbocycles. The molecule has 2 amide bonds. The van der Waals surface area contributed by atoms with Crippen LogP contribution < -0.4 is 10.6 Å². The molecule has 0 saturated carbocycles. The van der Waals surface area contributed by atoms with Gasteiger partial charge in [0.25, 0.3) is 5.91 Å². The van der Waals surface area contributed by atoms with Crippen molar-refractivity contribution in [3.63, 3.8) is 0 Å². The van der Waals surface area contributed by atoms with Crippen LogP contribution in [0, 0.1) is 5.92 Å². The van der Waals surface area contributed by atoms with E-state index in [9.17, 15) is 29.4 Å². The Kier molecular flexibility index (Phi) is 10.0. The summed E-state index contributed by atoms with van der Waals surface area (Å²) in [6, 6.07) is 12.5. The van der Waals surface area contributed by atoms with E-state index >= 15 is 0 Å². The quantitative estimate of drug-likeness (QED) is 0.309. The number of aliphatic hydroxyl groups is 1. The lowest BCUT2D eigenvalue weighted by Crippen LogP contribution is -2.59. The SMILES string of the molecule is CC(c1ccccc1)[C@@H]1OC(=O)[C@H](C)[C@H](O)[C@H](Cc2cccnc2)NC(=O)[C@@H](NC(=O)c2ncccc2O)[C@@H](C)OC1=O. The van der Waals surface area contributed by atoms with Gasteiger partial charge in [-0.05, 0) is 49.6 Å². The predicted molar refractivity (Wildman–Crippen MR) is 152 cm³/mol. The number of benzene rings is 1. The highest BCUT2D eigenvalue weighted by Crippen LogP contribution is 2.26. The standard InChI is InChI=1S/C31H34N4O8/c1-17(21-10-5-4-6-11-21)27-31(41)42-19(3)24(35-29(39)25-23(36)12-8-14-33-25)28(38)34-22(15-20-9-7-13-32-16-20)26(37)18(2)30(40)43-27/h4-14,16-19,22,24,26-27,36-37H,15H2,1-3H3,(H,34,38)(H,35,39)/t17?,18-,19-,22+,24+,26+,27+/m1/s1. The third-order valence-electron chi connectivity index (χ3n) is 7.40. The van der Waals surface area contributed by atoms with Crippen LogP contribution in [-0.4, -0.2) is 74.3 Å². The number of esters is 2. The van der Waals surface area contributed by atoms with Gasteiger partial charge in [0, 0.05) is 24.5 Å². The number of pyridine rings is 2. The van der Waals surface area contributed by atoms with E-state index < -0.39 is 71.7 Å². The van der Waals surface area contributed by atoms with Crippen molar-refractivity contribution in [3.8, 4) is 5.75 Å². The minimum Gasteiger partial charge on any atom is -0.505 e. The molecule has 0 bridgehead atoms. The number of carbonyl (C=O) groups excluding carboxylic acids is 4. The number of nitrogens with zero attached hydrogens (tertiary/aromatic N) is 2. The molecule has 43 heavy (non-hydrogen) atoms. The van der Waals surface area contributed by atoms with Gasteiger partial charge < -0.3 is 30.3 Å². The number of hydrogen-bond donors (Lipinski definition) is 4. The monoisotopic (exact) mass is 590 g/mol. The molecular formula is C31H34N4O8. The maximum absolute atomic E-state index is 13.7. The van der Waals surface area contributed by atoms with E-state index in [1.807, 2.05) is 0 Å². The maximum atomic E-state index is 13.7. The van der Waals surface area contributed by atoms with Crippen LogP contribution in [0.2, 0.25) is 0 Å². The Labute approximate surface area is 248 Å². The van der Waals surface area contributed by atoms with Gasteiger partial charge in [-0.1, -0.05) is 43.3 Å². The first-order chi connectivity index (χ1) is 20.6. The highest BCUT2D eigenvalue weighted by molar-refractivity contribution is 5.98. The molecule has 7 atom stereocenters. The van der Waals surface area contributed by atoms with Crippen LogP contribution in [-0.2, 0) is 30.3 Å². The molecule has 1 aliphatic heterocycles. The predicted octanol–water partition coefficient (Wildman–Crippen LogP) is 1.67. The van der Waals surface area contributed by atoms with Gasteiger partial charge in [0.05, 0.1) is 18.1 Å². The molecule has 1 fully saturated rings.